The van der Waals surface area contributed by atoms with Gasteiger partial charge in [0.15, 0.2) is 6.29 Å². The number of rotatable bonds is 2. The first-order chi connectivity index (χ1) is 9.67. The number of aliphatic hydroxyl groups is 1. The van der Waals surface area contributed by atoms with Crippen molar-refractivity contribution in [3.8, 4) is 11.5 Å². The second-order valence-electron chi connectivity index (χ2n) is 5.01. The van der Waals surface area contributed by atoms with Crippen molar-refractivity contribution >= 4 is 10.8 Å². The van der Waals surface area contributed by atoms with E-state index in [2.05, 4.69) is 0 Å². The Morgan fingerprint density at radius 1 is 1.10 bits per heavy atom. The summed E-state index contributed by atoms with van der Waals surface area (Å²) in [6.07, 6.45) is -0.351. The van der Waals surface area contributed by atoms with Gasteiger partial charge in [-0.3, -0.25) is 0 Å². The zero-order valence-corrected chi connectivity index (χ0v) is 11.8. The smallest absolute Gasteiger partial charge is 0.185 e. The van der Waals surface area contributed by atoms with E-state index < -0.39 is 6.29 Å². The molecule has 0 aromatic heterocycles. The van der Waals surface area contributed by atoms with Crippen LogP contribution in [0.3, 0.4) is 0 Å². The minimum absolute atomic E-state index is 0.0581. The molecule has 0 aliphatic carbocycles. The SMILES string of the molecule is COc1c2c(c(OC)c3ccccc13)[C@@H](O)O[C@H](C)C2. The highest BCUT2D eigenvalue weighted by Gasteiger charge is 2.31. The van der Waals surface area contributed by atoms with Crippen LogP contribution in [0.1, 0.15) is 24.3 Å². The van der Waals surface area contributed by atoms with E-state index in [0.717, 1.165) is 22.1 Å². The van der Waals surface area contributed by atoms with E-state index in [-0.39, 0.29) is 6.10 Å². The fourth-order valence-corrected chi connectivity index (χ4v) is 2.99. The van der Waals surface area contributed by atoms with Gasteiger partial charge in [-0.1, -0.05) is 24.3 Å². The molecule has 1 heterocycles. The fraction of sp³-hybridized carbons (Fsp3) is 0.375. The molecule has 1 aliphatic heterocycles. The van der Waals surface area contributed by atoms with Crippen LogP contribution in [-0.2, 0) is 11.2 Å². The zero-order chi connectivity index (χ0) is 14.3. The second-order valence-corrected chi connectivity index (χ2v) is 5.01. The van der Waals surface area contributed by atoms with E-state index in [1.807, 2.05) is 31.2 Å². The Hall–Kier alpha value is -1.78. The van der Waals surface area contributed by atoms with Crippen LogP contribution in [0.2, 0.25) is 0 Å². The van der Waals surface area contributed by atoms with Gasteiger partial charge in [-0.25, -0.2) is 0 Å². The molecule has 1 N–H and O–H groups in total. The van der Waals surface area contributed by atoms with Crippen molar-refractivity contribution in [3.63, 3.8) is 0 Å². The summed E-state index contributed by atoms with van der Waals surface area (Å²) in [4.78, 5) is 0. The first-order valence-corrected chi connectivity index (χ1v) is 6.66. The van der Waals surface area contributed by atoms with Gasteiger partial charge in [-0.05, 0) is 6.92 Å². The molecule has 20 heavy (non-hydrogen) atoms. The van der Waals surface area contributed by atoms with Gasteiger partial charge < -0.3 is 19.3 Å². The van der Waals surface area contributed by atoms with Gasteiger partial charge in [-0.15, -0.1) is 0 Å². The molecular formula is C16H18O4. The number of methoxy groups -OCH3 is 2. The lowest BCUT2D eigenvalue weighted by Gasteiger charge is -2.30. The molecule has 2 aromatic rings. The number of benzene rings is 2. The van der Waals surface area contributed by atoms with Crippen molar-refractivity contribution in [1.82, 2.24) is 0 Å². The van der Waals surface area contributed by atoms with Crippen LogP contribution in [0.25, 0.3) is 10.8 Å². The average molecular weight is 274 g/mol. The summed E-state index contributed by atoms with van der Waals surface area (Å²) in [6.45, 7) is 1.94. The summed E-state index contributed by atoms with van der Waals surface area (Å²) in [5, 5.41) is 12.2. The number of aliphatic hydroxyl groups excluding tert-OH is 1. The topological polar surface area (TPSA) is 47.9 Å². The molecule has 4 heteroatoms. The number of hydrogen-bond donors (Lipinski definition) is 1. The predicted molar refractivity (Wildman–Crippen MR) is 76.3 cm³/mol. The molecule has 0 bridgehead atoms. The van der Waals surface area contributed by atoms with Crippen LogP contribution in [0, 0.1) is 0 Å². The summed E-state index contributed by atoms with van der Waals surface area (Å²) in [5.41, 5.74) is 1.65. The number of fused-ring (bicyclic) bond motifs is 2. The van der Waals surface area contributed by atoms with Gasteiger partial charge in [-0.2, -0.15) is 0 Å². The van der Waals surface area contributed by atoms with Crippen molar-refractivity contribution < 1.29 is 19.3 Å². The summed E-state index contributed by atoms with van der Waals surface area (Å²) >= 11 is 0. The molecule has 0 saturated heterocycles. The van der Waals surface area contributed by atoms with Crippen LogP contribution >= 0.6 is 0 Å². The highest BCUT2D eigenvalue weighted by Crippen LogP contribution is 2.46. The number of ether oxygens (including phenoxy) is 3. The summed E-state index contributed by atoms with van der Waals surface area (Å²) in [6, 6.07) is 7.87. The van der Waals surface area contributed by atoms with E-state index in [1.165, 1.54) is 0 Å². The molecule has 3 rings (SSSR count). The Bertz CT molecular complexity index is 650. The standard InChI is InChI=1S/C16H18O4/c1-9-8-12-13(16(17)20-9)15(19-3)11-7-5-4-6-10(11)14(12)18-2/h4-7,9,16-17H,8H2,1-3H3/t9-,16+/m1/s1. The minimum Gasteiger partial charge on any atom is -0.496 e. The van der Waals surface area contributed by atoms with Crippen LogP contribution < -0.4 is 9.47 Å². The van der Waals surface area contributed by atoms with E-state index in [4.69, 9.17) is 14.2 Å². The van der Waals surface area contributed by atoms with Gasteiger partial charge in [0.1, 0.15) is 11.5 Å². The maximum atomic E-state index is 10.3. The monoisotopic (exact) mass is 274 g/mol. The summed E-state index contributed by atoms with van der Waals surface area (Å²) < 4.78 is 16.7. The molecule has 4 nitrogen and oxygen atoms in total. The lowest BCUT2D eigenvalue weighted by atomic mass is 9.92. The van der Waals surface area contributed by atoms with Gasteiger partial charge in [0.25, 0.3) is 0 Å². The average Bonchev–Trinajstić information content (AvgIpc) is 2.44. The Morgan fingerprint density at radius 2 is 1.70 bits per heavy atom. The molecule has 2 aromatic carbocycles. The molecule has 106 valence electrons. The molecular weight excluding hydrogens is 256 g/mol. The minimum atomic E-state index is -0.984. The van der Waals surface area contributed by atoms with Crippen molar-refractivity contribution in [2.45, 2.75) is 25.7 Å². The molecule has 0 spiro atoms. The van der Waals surface area contributed by atoms with Gasteiger partial charge >= 0.3 is 0 Å². The Labute approximate surface area is 117 Å². The third-order valence-electron chi connectivity index (χ3n) is 3.77. The van der Waals surface area contributed by atoms with E-state index >= 15 is 0 Å². The molecule has 1 aliphatic rings. The quantitative estimate of drug-likeness (QED) is 0.914. The molecule has 0 saturated carbocycles. The van der Waals surface area contributed by atoms with Crippen LogP contribution in [0.4, 0.5) is 0 Å². The number of hydrogen-bond acceptors (Lipinski definition) is 4. The summed E-state index contributed by atoms with van der Waals surface area (Å²) in [5.74, 6) is 1.46. The Morgan fingerprint density at radius 3 is 2.30 bits per heavy atom. The highest BCUT2D eigenvalue weighted by atomic mass is 16.6. The van der Waals surface area contributed by atoms with E-state index in [1.54, 1.807) is 14.2 Å². The summed E-state index contributed by atoms with van der Waals surface area (Å²) in [7, 11) is 3.26. The molecule has 0 unspecified atom stereocenters. The van der Waals surface area contributed by atoms with Crippen LogP contribution in [0.15, 0.2) is 24.3 Å². The molecule has 2 atom stereocenters. The van der Waals surface area contributed by atoms with Crippen molar-refractivity contribution in [2.75, 3.05) is 14.2 Å². The first-order valence-electron chi connectivity index (χ1n) is 6.66. The lowest BCUT2D eigenvalue weighted by molar-refractivity contribution is -0.144. The largest absolute Gasteiger partial charge is 0.496 e. The normalized spacial score (nSPS) is 21.6. The molecule has 0 radical (unpaired) electrons. The van der Waals surface area contributed by atoms with Gasteiger partial charge in [0.2, 0.25) is 0 Å². The van der Waals surface area contributed by atoms with Crippen molar-refractivity contribution in [2.24, 2.45) is 0 Å². The molecule has 0 amide bonds. The lowest BCUT2D eigenvalue weighted by Crippen LogP contribution is -2.24. The van der Waals surface area contributed by atoms with Crippen molar-refractivity contribution in [3.05, 3.63) is 35.4 Å². The molecule has 0 fully saturated rings. The van der Waals surface area contributed by atoms with E-state index in [0.29, 0.717) is 17.7 Å². The Kier molecular flexibility index (Phi) is 3.28. The predicted octanol–water partition coefficient (Wildman–Crippen LogP) is 2.81. The van der Waals surface area contributed by atoms with Crippen LogP contribution in [0.5, 0.6) is 11.5 Å². The van der Waals surface area contributed by atoms with Crippen molar-refractivity contribution in [1.29, 1.82) is 0 Å². The second kappa shape index (κ2) is 4.96. The third-order valence-corrected chi connectivity index (χ3v) is 3.77. The van der Waals surface area contributed by atoms with Gasteiger partial charge in [0.05, 0.1) is 25.9 Å². The van der Waals surface area contributed by atoms with Gasteiger partial charge in [0, 0.05) is 22.8 Å². The highest BCUT2D eigenvalue weighted by molar-refractivity contribution is 5.96. The zero-order valence-electron chi connectivity index (χ0n) is 11.8. The van der Waals surface area contributed by atoms with E-state index in [9.17, 15) is 5.11 Å². The first kappa shape index (κ1) is 13.2. The van der Waals surface area contributed by atoms with Crippen LogP contribution in [-0.4, -0.2) is 25.4 Å². The fourth-order valence-electron chi connectivity index (χ4n) is 2.99. The third kappa shape index (κ3) is 1.84. The maximum Gasteiger partial charge on any atom is 0.185 e. The Balaban J connectivity index is 2.42. The maximum absolute atomic E-state index is 10.3.